The van der Waals surface area contributed by atoms with Gasteiger partial charge in [-0.3, -0.25) is 9.78 Å². The second-order valence-corrected chi connectivity index (χ2v) is 4.24. The normalized spacial score (nSPS) is 16.5. The fourth-order valence-corrected chi connectivity index (χ4v) is 2.09. The average Bonchev–Trinajstić information content (AvgIpc) is 2.39. The summed E-state index contributed by atoms with van der Waals surface area (Å²) >= 11 is 0. The van der Waals surface area contributed by atoms with Crippen LogP contribution in [-0.4, -0.2) is 28.8 Å². The Morgan fingerprint density at radius 2 is 1.76 bits per heavy atom. The summed E-state index contributed by atoms with van der Waals surface area (Å²) in [6.07, 6.45) is 3.03. The molecule has 0 radical (unpaired) electrons. The van der Waals surface area contributed by atoms with Crippen LogP contribution in [0.15, 0.2) is 30.5 Å². The number of benzene rings is 1. The van der Waals surface area contributed by atoms with Gasteiger partial charge in [0.15, 0.2) is 0 Å². The molecule has 3 rings (SSSR count). The molecule has 2 heterocycles. The topological polar surface area (TPSA) is 46.1 Å². The summed E-state index contributed by atoms with van der Waals surface area (Å²) in [6, 6.07) is 7.82. The van der Waals surface area contributed by atoms with Crippen molar-refractivity contribution in [2.45, 2.75) is 12.8 Å². The van der Waals surface area contributed by atoms with E-state index in [-0.39, 0.29) is 0 Å². The molecule has 0 N–H and O–H groups in total. The van der Waals surface area contributed by atoms with Gasteiger partial charge in [-0.2, -0.15) is 0 Å². The van der Waals surface area contributed by atoms with Crippen LogP contribution in [0.2, 0.25) is 0 Å². The van der Waals surface area contributed by atoms with Gasteiger partial charge in [-0.25, -0.2) is 4.98 Å². The Hall–Kier alpha value is -1.97. The van der Waals surface area contributed by atoms with E-state index in [0.717, 1.165) is 29.9 Å². The highest BCUT2D eigenvalue weighted by Crippen LogP contribution is 2.18. The number of rotatable bonds is 1. The predicted molar refractivity (Wildman–Crippen MR) is 66.0 cm³/mol. The Labute approximate surface area is 99.3 Å². The number of carbonyl (C=O) groups is 1. The molecule has 0 atom stereocenters. The largest absolute Gasteiger partial charge is 0.354 e. The molecule has 0 bridgehead atoms. The highest BCUT2D eigenvalue weighted by molar-refractivity contribution is 5.81. The first-order valence-corrected chi connectivity index (χ1v) is 5.81. The minimum absolute atomic E-state index is 0.343. The van der Waals surface area contributed by atoms with Gasteiger partial charge in [0.25, 0.3) is 0 Å². The number of piperidine rings is 1. The smallest absolute Gasteiger partial charge is 0.147 e. The Morgan fingerprint density at radius 1 is 1.06 bits per heavy atom. The van der Waals surface area contributed by atoms with Crippen molar-refractivity contribution >= 4 is 22.6 Å². The van der Waals surface area contributed by atoms with Crippen LogP contribution in [0.25, 0.3) is 11.0 Å². The van der Waals surface area contributed by atoms with E-state index < -0.39 is 0 Å². The fraction of sp³-hybridized carbons (Fsp3) is 0.308. The third-order valence-electron chi connectivity index (χ3n) is 3.08. The number of aromatic nitrogens is 2. The average molecular weight is 227 g/mol. The van der Waals surface area contributed by atoms with E-state index in [1.165, 1.54) is 0 Å². The Bertz CT molecular complexity index is 557. The maximum atomic E-state index is 11.2. The third-order valence-corrected chi connectivity index (χ3v) is 3.08. The zero-order valence-electron chi connectivity index (χ0n) is 9.47. The molecule has 1 fully saturated rings. The van der Waals surface area contributed by atoms with E-state index in [9.17, 15) is 4.79 Å². The van der Waals surface area contributed by atoms with Gasteiger partial charge in [0, 0.05) is 25.9 Å². The standard InChI is InChI=1S/C13H13N3O/c17-10-5-7-16(8-6-10)13-9-14-11-3-1-2-4-12(11)15-13/h1-4,9H,5-8H2. The van der Waals surface area contributed by atoms with Gasteiger partial charge in [-0.1, -0.05) is 12.1 Å². The lowest BCUT2D eigenvalue weighted by molar-refractivity contribution is -0.119. The zero-order valence-corrected chi connectivity index (χ0v) is 9.47. The van der Waals surface area contributed by atoms with Crippen LogP contribution in [0.5, 0.6) is 0 Å². The van der Waals surface area contributed by atoms with E-state index in [1.54, 1.807) is 6.20 Å². The van der Waals surface area contributed by atoms with Crippen molar-refractivity contribution in [1.82, 2.24) is 9.97 Å². The van der Waals surface area contributed by atoms with Crippen molar-refractivity contribution in [1.29, 1.82) is 0 Å². The minimum Gasteiger partial charge on any atom is -0.354 e. The summed E-state index contributed by atoms with van der Waals surface area (Å²) in [6.45, 7) is 1.51. The highest BCUT2D eigenvalue weighted by Gasteiger charge is 2.17. The number of fused-ring (bicyclic) bond motifs is 1. The summed E-state index contributed by atoms with van der Waals surface area (Å²) in [5.74, 6) is 1.21. The Kier molecular flexibility index (Phi) is 2.48. The molecule has 1 aromatic carbocycles. The molecule has 17 heavy (non-hydrogen) atoms. The molecule has 0 aliphatic carbocycles. The van der Waals surface area contributed by atoms with Crippen LogP contribution in [0, 0.1) is 0 Å². The van der Waals surface area contributed by atoms with Crippen molar-refractivity contribution in [2.75, 3.05) is 18.0 Å². The molecule has 0 amide bonds. The van der Waals surface area contributed by atoms with Gasteiger partial charge >= 0.3 is 0 Å². The number of ketones is 1. The van der Waals surface area contributed by atoms with E-state index in [0.29, 0.717) is 18.6 Å². The molecule has 1 aliphatic heterocycles. The van der Waals surface area contributed by atoms with Gasteiger partial charge in [-0.05, 0) is 12.1 Å². The molecule has 4 heteroatoms. The van der Waals surface area contributed by atoms with Crippen molar-refractivity contribution in [3.63, 3.8) is 0 Å². The van der Waals surface area contributed by atoms with Crippen molar-refractivity contribution < 1.29 is 4.79 Å². The van der Waals surface area contributed by atoms with E-state index in [4.69, 9.17) is 0 Å². The zero-order chi connectivity index (χ0) is 11.7. The Morgan fingerprint density at radius 3 is 2.53 bits per heavy atom. The molecule has 4 nitrogen and oxygen atoms in total. The molecule has 0 unspecified atom stereocenters. The summed E-state index contributed by atoms with van der Waals surface area (Å²) in [5.41, 5.74) is 1.81. The fourth-order valence-electron chi connectivity index (χ4n) is 2.09. The molecule has 0 spiro atoms. The van der Waals surface area contributed by atoms with Crippen LogP contribution in [0.4, 0.5) is 5.82 Å². The lowest BCUT2D eigenvalue weighted by atomic mass is 10.1. The van der Waals surface area contributed by atoms with Crippen molar-refractivity contribution in [3.05, 3.63) is 30.5 Å². The molecule has 0 saturated carbocycles. The van der Waals surface area contributed by atoms with Crippen LogP contribution < -0.4 is 4.90 Å². The van der Waals surface area contributed by atoms with Gasteiger partial charge in [-0.15, -0.1) is 0 Å². The number of Topliss-reactive ketones (excluding diaryl/α,β-unsaturated/α-hetero) is 1. The lowest BCUT2D eigenvalue weighted by Crippen LogP contribution is -2.34. The third kappa shape index (κ3) is 1.98. The van der Waals surface area contributed by atoms with Gasteiger partial charge in [0.05, 0.1) is 17.2 Å². The van der Waals surface area contributed by atoms with Gasteiger partial charge < -0.3 is 4.90 Å². The van der Waals surface area contributed by atoms with Crippen molar-refractivity contribution in [2.24, 2.45) is 0 Å². The van der Waals surface area contributed by atoms with Crippen LogP contribution in [0.3, 0.4) is 0 Å². The predicted octanol–water partition coefficient (Wildman–Crippen LogP) is 1.80. The molecule has 2 aromatic rings. The second kappa shape index (κ2) is 4.13. The van der Waals surface area contributed by atoms with Crippen LogP contribution in [0.1, 0.15) is 12.8 Å². The number of nitrogens with zero attached hydrogens (tertiary/aromatic N) is 3. The van der Waals surface area contributed by atoms with Gasteiger partial charge in [0.1, 0.15) is 11.6 Å². The second-order valence-electron chi connectivity index (χ2n) is 4.24. The molecule has 86 valence electrons. The molecular formula is C13H13N3O. The molecule has 1 aliphatic rings. The maximum Gasteiger partial charge on any atom is 0.147 e. The first-order valence-electron chi connectivity index (χ1n) is 5.81. The van der Waals surface area contributed by atoms with E-state index >= 15 is 0 Å². The Balaban J connectivity index is 1.92. The van der Waals surface area contributed by atoms with E-state index in [1.807, 2.05) is 24.3 Å². The first-order chi connectivity index (χ1) is 8.33. The summed E-state index contributed by atoms with van der Waals surface area (Å²) < 4.78 is 0. The van der Waals surface area contributed by atoms with Crippen molar-refractivity contribution in [3.8, 4) is 0 Å². The molecular weight excluding hydrogens is 214 g/mol. The maximum absolute atomic E-state index is 11.2. The summed E-state index contributed by atoms with van der Waals surface area (Å²) in [7, 11) is 0. The first kappa shape index (κ1) is 10.2. The number of para-hydroxylation sites is 2. The molecule has 1 aromatic heterocycles. The minimum atomic E-state index is 0.343. The van der Waals surface area contributed by atoms with Crippen LogP contribution >= 0.6 is 0 Å². The summed E-state index contributed by atoms with van der Waals surface area (Å²) in [5, 5.41) is 0. The SMILES string of the molecule is O=C1CCN(c2cnc3ccccc3n2)CC1. The number of anilines is 1. The van der Waals surface area contributed by atoms with Crippen LogP contribution in [-0.2, 0) is 4.79 Å². The summed E-state index contributed by atoms with van der Waals surface area (Å²) in [4.78, 5) is 22.3. The number of hydrogen-bond donors (Lipinski definition) is 0. The monoisotopic (exact) mass is 227 g/mol. The number of carbonyl (C=O) groups excluding carboxylic acids is 1. The highest BCUT2D eigenvalue weighted by atomic mass is 16.1. The quantitative estimate of drug-likeness (QED) is 0.745. The van der Waals surface area contributed by atoms with E-state index in [2.05, 4.69) is 14.9 Å². The van der Waals surface area contributed by atoms with Gasteiger partial charge in [0.2, 0.25) is 0 Å². The molecule has 1 saturated heterocycles. The lowest BCUT2D eigenvalue weighted by Gasteiger charge is -2.26. The number of hydrogen-bond acceptors (Lipinski definition) is 4.